The number of hydrogen-bond acceptors (Lipinski definition) is 21. The predicted octanol–water partition coefficient (Wildman–Crippen LogP) is 3.98. The lowest BCUT2D eigenvalue weighted by Gasteiger charge is -2.32. The molecule has 0 radical (unpaired) electrons. The Balaban J connectivity index is 0.0000000909. The van der Waals surface area contributed by atoms with Gasteiger partial charge in [0.05, 0.1) is 74.3 Å². The van der Waals surface area contributed by atoms with E-state index in [1.165, 1.54) is 20.6 Å². The van der Waals surface area contributed by atoms with Crippen molar-refractivity contribution >= 4 is 47.8 Å². The van der Waals surface area contributed by atoms with Gasteiger partial charge in [-0.05, 0) is 68.1 Å². The molecule has 0 aromatic rings. The number of nitriles is 2. The van der Waals surface area contributed by atoms with Crippen LogP contribution in [0.4, 0.5) is 0 Å². The van der Waals surface area contributed by atoms with Gasteiger partial charge in [0.25, 0.3) is 0 Å². The number of nitrogens with zero attached hydrogens (tertiary/aromatic N) is 2. The topological polar surface area (TPSA) is 286 Å². The van der Waals surface area contributed by atoms with Gasteiger partial charge >= 0.3 is 47.8 Å². The maximum absolute atomic E-state index is 11.7. The van der Waals surface area contributed by atoms with Crippen LogP contribution in [0, 0.1) is 139 Å². The average molecular weight is 1110 g/mol. The molecule has 6 saturated carbocycles. The standard InChI is InChI=1S/C11H14O4.C10H11NO2.C10H12O5.C10H14O2.C9H9NO3.C9H12O3/c1-4-5-3-6-8(7(5)10(12)14-2)11(13)15-9(4)6;1-5-6-2-7-8(5)13-9(12)10(7,3-6)4-11;1-3-6-4(9(11)13-2)5-8(14-6)7(3)15-10(5)12;1-10(2)5-3-6-7(4-5)9(11)12-8(6)10;1-4-5-2-9(3-10)7(12-5)6(4)13-8(9)11;1-9(2)5-3-4-6(11-5)7(9)12-8(4)10/h4-9H,3H2,1-2H3;5-8H,2-3H2,1H3;3-8H,1-2H3;5-8H,3-4H2,1-2H3;4-7H,2H2,1H3;4-7H,3H2,1-2H3. The van der Waals surface area contributed by atoms with E-state index in [0.29, 0.717) is 30.1 Å². The summed E-state index contributed by atoms with van der Waals surface area (Å²) in [6.07, 6.45) is 6.05. The molecule has 18 rings (SSSR count). The molecular formula is C59H72N2O19. The van der Waals surface area contributed by atoms with Crippen molar-refractivity contribution in [1.82, 2.24) is 0 Å². The Morgan fingerprint density at radius 3 is 1.76 bits per heavy atom. The van der Waals surface area contributed by atoms with Gasteiger partial charge in [-0.25, -0.2) is 0 Å². The first-order valence-corrected chi connectivity index (χ1v) is 29.1. The van der Waals surface area contributed by atoms with E-state index < -0.39 is 22.7 Å². The summed E-state index contributed by atoms with van der Waals surface area (Å²) in [5, 5.41) is 18.1. The van der Waals surface area contributed by atoms with Gasteiger partial charge in [-0.1, -0.05) is 55.4 Å². The fraction of sp³-hybridized carbons (Fsp3) is 0.831. The number of hydrogen-bond donors (Lipinski definition) is 0. The molecule has 12 heterocycles. The van der Waals surface area contributed by atoms with Crippen molar-refractivity contribution in [3.63, 3.8) is 0 Å². The van der Waals surface area contributed by atoms with Gasteiger partial charge in [0.2, 0.25) is 0 Å². The predicted molar refractivity (Wildman–Crippen MR) is 264 cm³/mol. The summed E-state index contributed by atoms with van der Waals surface area (Å²) < 4.78 is 58.1. The molecule has 12 bridgehead atoms. The van der Waals surface area contributed by atoms with Crippen molar-refractivity contribution < 1.29 is 90.5 Å². The van der Waals surface area contributed by atoms with E-state index in [2.05, 4.69) is 53.7 Å². The second-order valence-electron chi connectivity index (χ2n) is 27.8. The van der Waals surface area contributed by atoms with Gasteiger partial charge in [0.1, 0.15) is 60.9 Å². The molecule has 432 valence electrons. The highest BCUT2D eigenvalue weighted by Crippen LogP contribution is 2.65. The van der Waals surface area contributed by atoms with E-state index in [1.807, 2.05) is 13.8 Å². The fourth-order valence-electron chi connectivity index (χ4n) is 19.3. The molecule has 6 aliphatic carbocycles. The molecule has 30 atom stereocenters. The van der Waals surface area contributed by atoms with Crippen LogP contribution in [0.25, 0.3) is 0 Å². The summed E-state index contributed by atoms with van der Waals surface area (Å²) in [5.41, 5.74) is -1.43. The molecule has 0 aromatic carbocycles. The van der Waals surface area contributed by atoms with E-state index in [4.69, 9.17) is 62.6 Å². The lowest BCUT2D eigenvalue weighted by molar-refractivity contribution is -0.153. The summed E-state index contributed by atoms with van der Waals surface area (Å²) in [6.45, 7) is 16.9. The minimum absolute atomic E-state index is 0.0220. The third kappa shape index (κ3) is 7.00. The van der Waals surface area contributed by atoms with Crippen molar-refractivity contribution in [1.29, 1.82) is 10.5 Å². The molecular weight excluding hydrogens is 1040 g/mol. The van der Waals surface area contributed by atoms with Gasteiger partial charge in [0.15, 0.2) is 10.8 Å². The van der Waals surface area contributed by atoms with Crippen LogP contribution in [0.5, 0.6) is 0 Å². The normalized spacial score (nSPS) is 53.2. The van der Waals surface area contributed by atoms with Crippen molar-refractivity contribution in [2.24, 2.45) is 116 Å². The molecule has 18 aliphatic rings. The number of carbonyl (C=O) groups is 8. The third-order valence-electron chi connectivity index (χ3n) is 23.9. The maximum Gasteiger partial charge on any atom is 0.329 e. The van der Waals surface area contributed by atoms with Crippen molar-refractivity contribution in [2.75, 3.05) is 14.2 Å². The quantitative estimate of drug-likeness (QED) is 0.279. The zero-order chi connectivity index (χ0) is 56.9. The Morgan fingerprint density at radius 1 is 0.500 bits per heavy atom. The van der Waals surface area contributed by atoms with Crippen LogP contribution in [0.2, 0.25) is 0 Å². The summed E-state index contributed by atoms with van der Waals surface area (Å²) >= 11 is 0. The number of ether oxygens (including phenoxy) is 11. The zero-order valence-electron chi connectivity index (χ0n) is 46.8. The Morgan fingerprint density at radius 2 is 1.14 bits per heavy atom. The SMILES string of the molecule is CC1(C)C2CC3C(=O)OC1C3C2.CC1(C)C2CC3C(=O)OC1C3O2.CC1C2CC3(C#N)C(=O)OC1C3O2.CC1C2CC3C1OC(=O)C3(C#N)C2.COC(=O)C1C2CC3C(OC(=O)C31)C2C.COC(=O)C1C2OC3C(OC(=O)C31)C2C. The Hall–Kier alpha value is -5.38. The molecule has 12 saturated heterocycles. The first-order valence-electron chi connectivity index (χ1n) is 29.1. The van der Waals surface area contributed by atoms with Gasteiger partial charge in [-0.15, -0.1) is 0 Å². The van der Waals surface area contributed by atoms with Gasteiger partial charge in [-0.2, -0.15) is 10.5 Å². The third-order valence-corrected chi connectivity index (χ3v) is 23.9. The first-order chi connectivity index (χ1) is 37.9. The van der Waals surface area contributed by atoms with Crippen LogP contribution < -0.4 is 0 Å². The molecule has 21 nitrogen and oxygen atoms in total. The van der Waals surface area contributed by atoms with Crippen LogP contribution in [0.3, 0.4) is 0 Å². The molecule has 18 fully saturated rings. The smallest absolute Gasteiger partial charge is 0.329 e. The second-order valence-corrected chi connectivity index (χ2v) is 27.8. The molecule has 80 heavy (non-hydrogen) atoms. The van der Waals surface area contributed by atoms with Gasteiger partial charge < -0.3 is 52.1 Å². The average Bonchev–Trinajstić information content (AvgIpc) is 4.44. The van der Waals surface area contributed by atoms with Crippen LogP contribution in [0.1, 0.15) is 100 Å². The van der Waals surface area contributed by atoms with E-state index >= 15 is 0 Å². The van der Waals surface area contributed by atoms with Crippen molar-refractivity contribution in [2.45, 2.75) is 174 Å². The van der Waals surface area contributed by atoms with E-state index in [1.54, 1.807) is 0 Å². The first kappa shape index (κ1) is 53.9. The number of carbonyl (C=O) groups excluding carboxylic acids is 8. The van der Waals surface area contributed by atoms with Crippen LogP contribution in [-0.4, -0.2) is 135 Å². The summed E-state index contributed by atoms with van der Waals surface area (Å²) in [4.78, 5) is 92.1. The number of esters is 8. The fourth-order valence-corrected chi connectivity index (χ4v) is 19.3. The van der Waals surface area contributed by atoms with Crippen LogP contribution >= 0.6 is 0 Å². The Labute approximate surface area is 463 Å². The van der Waals surface area contributed by atoms with E-state index in [0.717, 1.165) is 38.0 Å². The molecule has 0 spiro atoms. The summed E-state index contributed by atoms with van der Waals surface area (Å²) in [6, 6.07) is 4.27. The second kappa shape index (κ2) is 18.1. The molecule has 0 amide bonds. The zero-order valence-corrected chi connectivity index (χ0v) is 46.8. The molecule has 12 aliphatic heterocycles. The Bertz CT molecular complexity index is 2640. The van der Waals surface area contributed by atoms with Crippen molar-refractivity contribution in [3.05, 3.63) is 0 Å². The number of fused-ring (bicyclic) bond motifs is 6. The van der Waals surface area contributed by atoms with Crippen LogP contribution in [-0.2, 0) is 90.5 Å². The highest BCUT2D eigenvalue weighted by molar-refractivity contribution is 5.88. The lowest BCUT2D eigenvalue weighted by atomic mass is 9.72. The highest BCUT2D eigenvalue weighted by atomic mass is 16.6. The number of methoxy groups -OCH3 is 2. The van der Waals surface area contributed by atoms with Gasteiger partial charge in [-0.3, -0.25) is 38.4 Å². The maximum atomic E-state index is 11.7. The minimum atomic E-state index is -0.970. The largest absolute Gasteiger partial charge is 0.469 e. The van der Waals surface area contributed by atoms with E-state index in [9.17, 15) is 38.4 Å². The number of rotatable bonds is 2. The summed E-state index contributed by atoms with van der Waals surface area (Å²) in [7, 11) is 2.72. The van der Waals surface area contributed by atoms with Crippen LogP contribution in [0.15, 0.2) is 0 Å². The summed E-state index contributed by atoms with van der Waals surface area (Å²) in [5.74, 6) is 0.950. The van der Waals surface area contributed by atoms with Gasteiger partial charge in [0, 0.05) is 46.8 Å². The highest BCUT2D eigenvalue weighted by Gasteiger charge is 2.74. The minimum Gasteiger partial charge on any atom is -0.469 e. The Kier molecular flexibility index (Phi) is 12.2. The molecule has 21 heteroatoms. The van der Waals surface area contributed by atoms with Crippen molar-refractivity contribution in [3.8, 4) is 12.1 Å². The lowest BCUT2D eigenvalue weighted by Crippen LogP contribution is -2.41. The molecule has 30 unspecified atom stereocenters. The van der Waals surface area contributed by atoms with E-state index in [-0.39, 0.29) is 185 Å². The monoisotopic (exact) mass is 1110 g/mol. The molecule has 0 aromatic heterocycles. The molecule has 0 N–H and O–H groups in total.